The van der Waals surface area contributed by atoms with Gasteiger partial charge in [-0.05, 0) is 48.2 Å². The van der Waals surface area contributed by atoms with E-state index < -0.39 is 0 Å². The average molecular weight is 372 g/mol. The van der Waals surface area contributed by atoms with Gasteiger partial charge in [-0.3, -0.25) is 4.79 Å². The Morgan fingerprint density at radius 2 is 1.73 bits per heavy atom. The van der Waals surface area contributed by atoms with Crippen LogP contribution in [0.15, 0.2) is 48.5 Å². The average Bonchev–Trinajstić information content (AvgIpc) is 3.03. The van der Waals surface area contributed by atoms with Crippen LogP contribution in [0, 0.1) is 0 Å². The first-order valence-corrected chi connectivity index (χ1v) is 9.14. The van der Waals surface area contributed by atoms with Crippen LogP contribution in [0.25, 0.3) is 0 Å². The largest absolute Gasteiger partial charge is 0.338 e. The van der Waals surface area contributed by atoms with Crippen molar-refractivity contribution in [3.05, 3.63) is 64.7 Å². The van der Waals surface area contributed by atoms with Crippen LogP contribution in [-0.4, -0.2) is 29.9 Å². The summed E-state index contributed by atoms with van der Waals surface area (Å²) in [4.78, 5) is 25.5. The number of benzene rings is 2. The van der Waals surface area contributed by atoms with Crippen LogP contribution in [0.1, 0.15) is 24.0 Å². The molecule has 6 heteroatoms. The fourth-order valence-electron chi connectivity index (χ4n) is 2.93. The van der Waals surface area contributed by atoms with Gasteiger partial charge in [-0.1, -0.05) is 35.9 Å². The Morgan fingerprint density at radius 1 is 1.04 bits per heavy atom. The molecule has 0 radical (unpaired) electrons. The predicted octanol–water partition coefficient (Wildman–Crippen LogP) is 3.83. The Morgan fingerprint density at radius 3 is 2.38 bits per heavy atom. The van der Waals surface area contributed by atoms with E-state index in [1.807, 2.05) is 53.4 Å². The van der Waals surface area contributed by atoms with E-state index in [0.29, 0.717) is 24.5 Å². The van der Waals surface area contributed by atoms with Crippen molar-refractivity contribution in [3.63, 3.8) is 0 Å². The number of anilines is 1. The second-order valence-electron chi connectivity index (χ2n) is 6.37. The van der Waals surface area contributed by atoms with Gasteiger partial charge in [0.15, 0.2) is 0 Å². The third-order valence-electron chi connectivity index (χ3n) is 4.37. The smallest absolute Gasteiger partial charge is 0.319 e. The Hall–Kier alpha value is -2.53. The molecule has 0 unspecified atom stereocenters. The second kappa shape index (κ2) is 8.72. The first-order chi connectivity index (χ1) is 12.6. The summed E-state index contributed by atoms with van der Waals surface area (Å²) in [6.45, 7) is 2.00. The molecule has 26 heavy (non-hydrogen) atoms. The van der Waals surface area contributed by atoms with E-state index >= 15 is 0 Å². The summed E-state index contributed by atoms with van der Waals surface area (Å²) >= 11 is 5.85. The molecule has 2 aromatic rings. The summed E-state index contributed by atoms with van der Waals surface area (Å²) in [6, 6.07) is 14.9. The van der Waals surface area contributed by atoms with Gasteiger partial charge in [-0.15, -0.1) is 0 Å². The molecule has 0 bridgehead atoms. The van der Waals surface area contributed by atoms with Gasteiger partial charge in [0.2, 0.25) is 5.91 Å². The standard InChI is InChI=1S/C20H22ClN3O2/c21-17-7-3-15(4-8-17)11-12-22-20(26)23-18-9-5-16(6-10-18)14-24-13-1-2-19(24)25/h3-10H,1-2,11-14H2,(H2,22,23,26). The zero-order valence-corrected chi connectivity index (χ0v) is 15.3. The van der Waals surface area contributed by atoms with Crippen molar-refractivity contribution >= 4 is 29.2 Å². The molecule has 3 amide bonds. The number of hydrogen-bond acceptors (Lipinski definition) is 2. The summed E-state index contributed by atoms with van der Waals surface area (Å²) in [6.07, 6.45) is 2.33. The second-order valence-corrected chi connectivity index (χ2v) is 6.81. The number of nitrogens with zero attached hydrogens (tertiary/aromatic N) is 1. The number of carbonyl (C=O) groups is 2. The molecule has 136 valence electrons. The third kappa shape index (κ3) is 5.23. The number of carbonyl (C=O) groups excluding carboxylic acids is 2. The minimum atomic E-state index is -0.235. The highest BCUT2D eigenvalue weighted by Gasteiger charge is 2.19. The molecule has 1 heterocycles. The lowest BCUT2D eigenvalue weighted by atomic mass is 10.1. The first kappa shape index (κ1) is 18.3. The summed E-state index contributed by atoms with van der Waals surface area (Å²) in [5.74, 6) is 0.215. The molecule has 3 rings (SSSR count). The summed E-state index contributed by atoms with van der Waals surface area (Å²) in [7, 11) is 0. The lowest BCUT2D eigenvalue weighted by Gasteiger charge is -2.15. The molecule has 0 atom stereocenters. The third-order valence-corrected chi connectivity index (χ3v) is 4.62. The van der Waals surface area contributed by atoms with E-state index in [9.17, 15) is 9.59 Å². The maximum absolute atomic E-state index is 12.0. The minimum absolute atomic E-state index is 0.215. The number of urea groups is 1. The lowest BCUT2D eigenvalue weighted by molar-refractivity contribution is -0.128. The Bertz CT molecular complexity index is 760. The molecule has 0 saturated carbocycles. The fraction of sp³-hybridized carbons (Fsp3) is 0.300. The van der Waals surface area contributed by atoms with E-state index in [1.54, 1.807) is 0 Å². The van der Waals surface area contributed by atoms with Crippen molar-refractivity contribution < 1.29 is 9.59 Å². The van der Waals surface area contributed by atoms with E-state index in [4.69, 9.17) is 11.6 Å². The van der Waals surface area contributed by atoms with E-state index in [-0.39, 0.29) is 11.9 Å². The van der Waals surface area contributed by atoms with Gasteiger partial charge >= 0.3 is 6.03 Å². The topological polar surface area (TPSA) is 61.4 Å². The van der Waals surface area contributed by atoms with Crippen molar-refractivity contribution in [3.8, 4) is 0 Å². The van der Waals surface area contributed by atoms with E-state index in [2.05, 4.69) is 10.6 Å². The zero-order chi connectivity index (χ0) is 18.4. The minimum Gasteiger partial charge on any atom is -0.338 e. The van der Waals surface area contributed by atoms with Crippen LogP contribution < -0.4 is 10.6 Å². The van der Waals surface area contributed by atoms with Crippen LogP contribution in [0.4, 0.5) is 10.5 Å². The Kier molecular flexibility index (Phi) is 6.12. The van der Waals surface area contributed by atoms with Gasteiger partial charge in [0, 0.05) is 36.8 Å². The van der Waals surface area contributed by atoms with Crippen LogP contribution in [0.3, 0.4) is 0 Å². The van der Waals surface area contributed by atoms with Crippen molar-refractivity contribution in [2.45, 2.75) is 25.8 Å². The molecule has 0 spiro atoms. The maximum atomic E-state index is 12.0. The quantitative estimate of drug-likeness (QED) is 0.810. The molecule has 1 aliphatic heterocycles. The van der Waals surface area contributed by atoms with Crippen molar-refractivity contribution in [2.24, 2.45) is 0 Å². The van der Waals surface area contributed by atoms with Gasteiger partial charge in [0.05, 0.1) is 0 Å². The molecule has 0 aliphatic carbocycles. The van der Waals surface area contributed by atoms with E-state index in [0.717, 1.165) is 36.2 Å². The summed E-state index contributed by atoms with van der Waals surface area (Å²) in [5, 5.41) is 6.36. The van der Waals surface area contributed by atoms with Crippen molar-refractivity contribution in [1.82, 2.24) is 10.2 Å². The molecular weight excluding hydrogens is 350 g/mol. The number of rotatable bonds is 6. The number of likely N-dealkylation sites (tertiary alicyclic amines) is 1. The molecule has 0 aromatic heterocycles. The van der Waals surface area contributed by atoms with Gasteiger partial charge < -0.3 is 15.5 Å². The molecule has 2 aromatic carbocycles. The summed E-state index contributed by atoms with van der Waals surface area (Å²) < 4.78 is 0. The number of hydrogen-bond donors (Lipinski definition) is 2. The molecule has 1 saturated heterocycles. The van der Waals surface area contributed by atoms with Crippen molar-refractivity contribution in [1.29, 1.82) is 0 Å². The summed E-state index contributed by atoms with van der Waals surface area (Å²) in [5.41, 5.74) is 2.91. The molecular formula is C20H22ClN3O2. The molecule has 5 nitrogen and oxygen atoms in total. The normalized spacial score (nSPS) is 13.7. The predicted molar refractivity (Wildman–Crippen MR) is 103 cm³/mol. The highest BCUT2D eigenvalue weighted by molar-refractivity contribution is 6.30. The van der Waals surface area contributed by atoms with Gasteiger partial charge in [0.1, 0.15) is 0 Å². The van der Waals surface area contributed by atoms with Gasteiger partial charge in [0.25, 0.3) is 0 Å². The zero-order valence-electron chi connectivity index (χ0n) is 14.5. The first-order valence-electron chi connectivity index (χ1n) is 8.76. The number of halogens is 1. The van der Waals surface area contributed by atoms with Gasteiger partial charge in [-0.25, -0.2) is 4.79 Å². The van der Waals surface area contributed by atoms with Crippen LogP contribution >= 0.6 is 11.6 Å². The fourth-order valence-corrected chi connectivity index (χ4v) is 3.06. The Balaban J connectivity index is 1.42. The van der Waals surface area contributed by atoms with Crippen LogP contribution in [-0.2, 0) is 17.8 Å². The molecule has 2 N–H and O–H groups in total. The monoisotopic (exact) mass is 371 g/mol. The molecule has 1 fully saturated rings. The van der Waals surface area contributed by atoms with Crippen LogP contribution in [0.5, 0.6) is 0 Å². The van der Waals surface area contributed by atoms with Crippen LogP contribution in [0.2, 0.25) is 5.02 Å². The van der Waals surface area contributed by atoms with Gasteiger partial charge in [-0.2, -0.15) is 0 Å². The highest BCUT2D eigenvalue weighted by Crippen LogP contribution is 2.16. The lowest BCUT2D eigenvalue weighted by Crippen LogP contribution is -2.30. The van der Waals surface area contributed by atoms with E-state index in [1.165, 1.54) is 0 Å². The Labute approximate surface area is 158 Å². The SMILES string of the molecule is O=C(NCCc1ccc(Cl)cc1)Nc1ccc(CN2CCCC2=O)cc1. The molecule has 1 aliphatic rings. The maximum Gasteiger partial charge on any atom is 0.319 e. The number of amides is 3. The van der Waals surface area contributed by atoms with Crippen molar-refractivity contribution in [2.75, 3.05) is 18.4 Å². The number of nitrogens with one attached hydrogen (secondary N) is 2. The highest BCUT2D eigenvalue weighted by atomic mass is 35.5.